The maximum atomic E-state index is 5.85. The highest BCUT2D eigenvalue weighted by atomic mass is 35.5. The predicted molar refractivity (Wildman–Crippen MR) is 70.2 cm³/mol. The van der Waals surface area contributed by atoms with Gasteiger partial charge in [-0.2, -0.15) is 0 Å². The third-order valence-electron chi connectivity index (χ3n) is 3.13. The molecule has 1 aliphatic rings. The maximum absolute atomic E-state index is 5.85. The van der Waals surface area contributed by atoms with Crippen molar-refractivity contribution in [1.29, 1.82) is 0 Å². The van der Waals surface area contributed by atoms with Crippen molar-refractivity contribution in [1.82, 2.24) is 5.32 Å². The Labute approximate surface area is 102 Å². The van der Waals surface area contributed by atoms with Crippen LogP contribution in [-0.4, -0.2) is 19.6 Å². The van der Waals surface area contributed by atoms with Crippen molar-refractivity contribution in [3.63, 3.8) is 0 Å². The average molecular weight is 239 g/mol. The lowest BCUT2D eigenvalue weighted by Crippen LogP contribution is -2.17. The normalized spacial score (nSPS) is 21.4. The summed E-state index contributed by atoms with van der Waals surface area (Å²) in [7, 11) is 0. The summed E-state index contributed by atoms with van der Waals surface area (Å²) in [6, 6.07) is 7.94. The van der Waals surface area contributed by atoms with Crippen molar-refractivity contribution in [3.05, 3.63) is 29.3 Å². The highest BCUT2D eigenvalue weighted by molar-refractivity contribution is 6.30. The van der Waals surface area contributed by atoms with Crippen LogP contribution in [0.15, 0.2) is 24.3 Å². The molecule has 2 nitrogen and oxygen atoms in total. The minimum absolute atomic E-state index is 0.796. The second kappa shape index (κ2) is 6.12. The Morgan fingerprint density at radius 3 is 2.81 bits per heavy atom. The topological polar surface area (TPSA) is 24.1 Å². The van der Waals surface area contributed by atoms with Gasteiger partial charge in [-0.25, -0.2) is 0 Å². The van der Waals surface area contributed by atoms with Gasteiger partial charge in [-0.1, -0.05) is 11.6 Å². The van der Waals surface area contributed by atoms with Gasteiger partial charge in [0.2, 0.25) is 0 Å². The van der Waals surface area contributed by atoms with Crippen molar-refractivity contribution < 1.29 is 0 Å². The van der Waals surface area contributed by atoms with Gasteiger partial charge in [0.15, 0.2) is 0 Å². The largest absolute Gasteiger partial charge is 0.385 e. The minimum atomic E-state index is 0.796. The molecule has 3 heteroatoms. The number of benzene rings is 1. The quantitative estimate of drug-likeness (QED) is 0.846. The summed E-state index contributed by atoms with van der Waals surface area (Å²) in [4.78, 5) is 0. The minimum Gasteiger partial charge on any atom is -0.385 e. The molecular weight excluding hydrogens is 220 g/mol. The van der Waals surface area contributed by atoms with E-state index in [4.69, 9.17) is 11.6 Å². The smallest absolute Gasteiger partial charge is 0.0407 e. The Kier molecular flexibility index (Phi) is 4.49. The Morgan fingerprint density at radius 1 is 1.19 bits per heavy atom. The summed E-state index contributed by atoms with van der Waals surface area (Å²) in [5.41, 5.74) is 1.17. The van der Waals surface area contributed by atoms with Crippen LogP contribution in [0.1, 0.15) is 19.3 Å². The summed E-state index contributed by atoms with van der Waals surface area (Å²) in [5, 5.41) is 7.72. The molecule has 1 heterocycles. The van der Waals surface area contributed by atoms with Crippen LogP contribution >= 0.6 is 11.6 Å². The molecule has 1 aromatic rings. The number of anilines is 1. The van der Waals surface area contributed by atoms with Crippen LogP contribution in [0.4, 0.5) is 5.69 Å². The number of hydrogen-bond donors (Lipinski definition) is 2. The first kappa shape index (κ1) is 11.7. The standard InChI is InChI=1S/C13H19ClN2/c14-12-3-5-13(6-4-12)16-10-11-2-1-8-15-9-7-11/h3-6,11,15-16H,1-2,7-10H2. The fourth-order valence-corrected chi connectivity index (χ4v) is 2.25. The second-order valence-corrected chi connectivity index (χ2v) is 4.87. The van der Waals surface area contributed by atoms with E-state index in [0.717, 1.165) is 24.0 Å². The molecule has 1 unspecified atom stereocenters. The molecule has 0 aliphatic carbocycles. The van der Waals surface area contributed by atoms with Gasteiger partial charge >= 0.3 is 0 Å². The van der Waals surface area contributed by atoms with E-state index in [1.165, 1.54) is 31.5 Å². The molecule has 1 aliphatic heterocycles. The van der Waals surface area contributed by atoms with Crippen molar-refractivity contribution in [3.8, 4) is 0 Å². The first-order valence-corrected chi connectivity index (χ1v) is 6.42. The van der Waals surface area contributed by atoms with E-state index in [2.05, 4.69) is 10.6 Å². The van der Waals surface area contributed by atoms with Gasteiger partial charge < -0.3 is 10.6 Å². The summed E-state index contributed by atoms with van der Waals surface area (Å²) >= 11 is 5.85. The molecule has 1 saturated heterocycles. The molecule has 0 amide bonds. The van der Waals surface area contributed by atoms with Gasteiger partial charge in [-0.15, -0.1) is 0 Å². The van der Waals surface area contributed by atoms with Gasteiger partial charge in [-0.3, -0.25) is 0 Å². The molecule has 1 atom stereocenters. The molecule has 0 saturated carbocycles. The average Bonchev–Trinajstić information content (AvgIpc) is 2.57. The molecule has 88 valence electrons. The van der Waals surface area contributed by atoms with Crippen LogP contribution in [-0.2, 0) is 0 Å². The van der Waals surface area contributed by atoms with E-state index in [9.17, 15) is 0 Å². The molecule has 0 bridgehead atoms. The second-order valence-electron chi connectivity index (χ2n) is 4.43. The molecule has 1 aromatic carbocycles. The Balaban J connectivity index is 1.79. The molecule has 0 radical (unpaired) electrons. The molecule has 16 heavy (non-hydrogen) atoms. The van der Waals surface area contributed by atoms with E-state index in [1.807, 2.05) is 24.3 Å². The number of halogens is 1. The molecule has 2 N–H and O–H groups in total. The Morgan fingerprint density at radius 2 is 2.00 bits per heavy atom. The van der Waals surface area contributed by atoms with Crippen LogP contribution in [0, 0.1) is 5.92 Å². The van der Waals surface area contributed by atoms with Gasteiger partial charge in [0.05, 0.1) is 0 Å². The van der Waals surface area contributed by atoms with Gasteiger partial charge in [0.1, 0.15) is 0 Å². The van der Waals surface area contributed by atoms with Crippen LogP contribution in [0.5, 0.6) is 0 Å². The van der Waals surface area contributed by atoms with Crippen LogP contribution in [0.25, 0.3) is 0 Å². The SMILES string of the molecule is Clc1ccc(NCC2CCCNCC2)cc1. The zero-order valence-electron chi connectivity index (χ0n) is 9.51. The molecule has 1 fully saturated rings. The van der Waals surface area contributed by atoms with Crippen LogP contribution in [0.2, 0.25) is 5.02 Å². The Bertz CT molecular complexity index is 302. The van der Waals surface area contributed by atoms with E-state index >= 15 is 0 Å². The summed E-state index contributed by atoms with van der Waals surface area (Å²) in [6.45, 7) is 3.41. The van der Waals surface area contributed by atoms with Crippen LogP contribution in [0.3, 0.4) is 0 Å². The zero-order valence-corrected chi connectivity index (χ0v) is 10.3. The zero-order chi connectivity index (χ0) is 11.2. The summed E-state index contributed by atoms with van der Waals surface area (Å²) < 4.78 is 0. The number of nitrogens with one attached hydrogen (secondary N) is 2. The summed E-state index contributed by atoms with van der Waals surface area (Å²) in [6.07, 6.45) is 3.90. The lowest BCUT2D eigenvalue weighted by Gasteiger charge is -2.15. The van der Waals surface area contributed by atoms with E-state index in [1.54, 1.807) is 0 Å². The van der Waals surface area contributed by atoms with Crippen molar-refractivity contribution >= 4 is 17.3 Å². The predicted octanol–water partition coefficient (Wildman–Crippen LogP) is 3.14. The van der Waals surface area contributed by atoms with Crippen molar-refractivity contribution in [2.45, 2.75) is 19.3 Å². The fraction of sp³-hybridized carbons (Fsp3) is 0.538. The third-order valence-corrected chi connectivity index (χ3v) is 3.39. The molecule has 2 rings (SSSR count). The first-order chi connectivity index (χ1) is 7.84. The summed E-state index contributed by atoms with van der Waals surface area (Å²) in [5.74, 6) is 0.797. The van der Waals surface area contributed by atoms with Gasteiger partial charge in [0, 0.05) is 17.3 Å². The lowest BCUT2D eigenvalue weighted by molar-refractivity contribution is 0.496. The van der Waals surface area contributed by atoms with Gasteiger partial charge in [0.25, 0.3) is 0 Å². The molecule has 0 aromatic heterocycles. The van der Waals surface area contributed by atoms with E-state index in [0.29, 0.717) is 0 Å². The monoisotopic (exact) mass is 238 g/mol. The molecular formula is C13H19ClN2. The van der Waals surface area contributed by atoms with Crippen molar-refractivity contribution in [2.75, 3.05) is 25.0 Å². The first-order valence-electron chi connectivity index (χ1n) is 6.05. The number of rotatable bonds is 3. The Hall–Kier alpha value is -0.730. The third kappa shape index (κ3) is 3.69. The highest BCUT2D eigenvalue weighted by Crippen LogP contribution is 2.17. The fourth-order valence-electron chi connectivity index (χ4n) is 2.13. The van der Waals surface area contributed by atoms with E-state index in [-0.39, 0.29) is 0 Å². The van der Waals surface area contributed by atoms with E-state index < -0.39 is 0 Å². The highest BCUT2D eigenvalue weighted by Gasteiger charge is 2.11. The van der Waals surface area contributed by atoms with Gasteiger partial charge in [-0.05, 0) is 62.5 Å². The molecule has 0 spiro atoms. The maximum Gasteiger partial charge on any atom is 0.0407 e. The van der Waals surface area contributed by atoms with Crippen LogP contribution < -0.4 is 10.6 Å². The number of hydrogen-bond acceptors (Lipinski definition) is 2. The lowest BCUT2D eigenvalue weighted by atomic mass is 10.0. The van der Waals surface area contributed by atoms with Crippen molar-refractivity contribution in [2.24, 2.45) is 5.92 Å².